The normalized spacial score (nSPS) is 11.9. The van der Waals surface area contributed by atoms with Crippen LogP contribution in [0.4, 0.5) is 0 Å². The average molecular weight is 426 g/mol. The maximum absolute atomic E-state index is 9.42. The molecule has 3 rings (SSSR count). The van der Waals surface area contributed by atoms with E-state index in [0.29, 0.717) is 19.6 Å². The lowest BCUT2D eigenvalue weighted by Crippen LogP contribution is -2.41. The van der Waals surface area contributed by atoms with Crippen LogP contribution in [0.25, 0.3) is 21.5 Å². The standard InChI is InChI=1S/C25H35N3O3/c29-16-13-27(11-12-28(14-17-30)15-18-31)10-9-26-20-25-23-7-3-1-5-21(23)19-22-6-2-4-8-24(22)25/h1-8,19,26,29-31H,9-18,20H2. The van der Waals surface area contributed by atoms with E-state index in [1.54, 1.807) is 0 Å². The number of hydrogen-bond acceptors (Lipinski definition) is 6. The summed E-state index contributed by atoms with van der Waals surface area (Å²) in [4.78, 5) is 4.26. The molecule has 31 heavy (non-hydrogen) atoms. The Kier molecular flexibility index (Phi) is 9.68. The summed E-state index contributed by atoms with van der Waals surface area (Å²) in [6.07, 6.45) is 0. The molecule has 0 aliphatic carbocycles. The number of fused-ring (bicyclic) bond motifs is 2. The molecule has 168 valence electrons. The molecule has 6 heteroatoms. The zero-order valence-electron chi connectivity index (χ0n) is 18.2. The van der Waals surface area contributed by atoms with Gasteiger partial charge < -0.3 is 20.6 Å². The highest BCUT2D eigenvalue weighted by Gasteiger charge is 2.10. The molecule has 0 saturated heterocycles. The van der Waals surface area contributed by atoms with Crippen LogP contribution in [-0.2, 0) is 6.54 Å². The van der Waals surface area contributed by atoms with Crippen molar-refractivity contribution in [2.45, 2.75) is 6.54 Å². The van der Waals surface area contributed by atoms with E-state index in [1.165, 1.54) is 27.1 Å². The number of aliphatic hydroxyl groups excluding tert-OH is 3. The number of nitrogens with zero attached hydrogens (tertiary/aromatic N) is 2. The molecule has 0 heterocycles. The second-order valence-electron chi connectivity index (χ2n) is 7.83. The molecule has 0 aromatic heterocycles. The molecule has 0 aliphatic heterocycles. The highest BCUT2D eigenvalue weighted by atomic mass is 16.3. The molecule has 0 spiro atoms. The quantitative estimate of drug-likeness (QED) is 0.232. The van der Waals surface area contributed by atoms with Gasteiger partial charge in [-0.3, -0.25) is 9.80 Å². The van der Waals surface area contributed by atoms with Gasteiger partial charge >= 0.3 is 0 Å². The Labute approximate surface area is 184 Å². The summed E-state index contributed by atoms with van der Waals surface area (Å²) in [6, 6.07) is 19.3. The van der Waals surface area contributed by atoms with E-state index >= 15 is 0 Å². The summed E-state index contributed by atoms with van der Waals surface area (Å²) >= 11 is 0. The lowest BCUT2D eigenvalue weighted by Gasteiger charge is -2.26. The van der Waals surface area contributed by atoms with Crippen molar-refractivity contribution in [1.29, 1.82) is 0 Å². The van der Waals surface area contributed by atoms with E-state index in [2.05, 4.69) is 64.8 Å². The van der Waals surface area contributed by atoms with E-state index in [4.69, 9.17) is 0 Å². The summed E-state index contributed by atoms with van der Waals surface area (Å²) in [7, 11) is 0. The highest BCUT2D eigenvalue weighted by molar-refractivity contribution is 6.02. The van der Waals surface area contributed by atoms with Crippen molar-refractivity contribution in [3.63, 3.8) is 0 Å². The van der Waals surface area contributed by atoms with E-state index in [0.717, 1.165) is 32.7 Å². The molecule has 0 amide bonds. The van der Waals surface area contributed by atoms with Gasteiger partial charge in [0.15, 0.2) is 0 Å². The van der Waals surface area contributed by atoms with E-state index in [-0.39, 0.29) is 19.8 Å². The van der Waals surface area contributed by atoms with E-state index in [1.807, 2.05) is 4.90 Å². The minimum Gasteiger partial charge on any atom is -0.395 e. The van der Waals surface area contributed by atoms with Crippen LogP contribution >= 0.6 is 0 Å². The van der Waals surface area contributed by atoms with Crippen LogP contribution in [0.1, 0.15) is 5.56 Å². The fourth-order valence-electron chi connectivity index (χ4n) is 4.13. The van der Waals surface area contributed by atoms with E-state index < -0.39 is 0 Å². The second kappa shape index (κ2) is 12.7. The molecular formula is C25H35N3O3. The Hall–Kier alpha value is -2.06. The maximum atomic E-state index is 9.42. The van der Waals surface area contributed by atoms with Crippen molar-refractivity contribution < 1.29 is 15.3 Å². The van der Waals surface area contributed by atoms with Gasteiger partial charge in [-0.1, -0.05) is 48.5 Å². The van der Waals surface area contributed by atoms with Gasteiger partial charge in [-0.25, -0.2) is 0 Å². The zero-order chi connectivity index (χ0) is 21.9. The first-order chi connectivity index (χ1) is 15.3. The lowest BCUT2D eigenvalue weighted by molar-refractivity contribution is 0.133. The van der Waals surface area contributed by atoms with Crippen molar-refractivity contribution in [2.75, 3.05) is 65.6 Å². The second-order valence-corrected chi connectivity index (χ2v) is 7.83. The Morgan fingerprint density at radius 3 is 1.61 bits per heavy atom. The first-order valence-corrected chi connectivity index (χ1v) is 11.1. The first kappa shape index (κ1) is 23.6. The summed E-state index contributed by atoms with van der Waals surface area (Å²) in [5.74, 6) is 0. The largest absolute Gasteiger partial charge is 0.395 e. The Balaban J connectivity index is 1.60. The van der Waals surface area contributed by atoms with Crippen LogP contribution in [0.5, 0.6) is 0 Å². The van der Waals surface area contributed by atoms with Crippen molar-refractivity contribution >= 4 is 21.5 Å². The average Bonchev–Trinajstić information content (AvgIpc) is 2.79. The number of nitrogens with one attached hydrogen (secondary N) is 1. The highest BCUT2D eigenvalue weighted by Crippen LogP contribution is 2.28. The number of rotatable bonds is 14. The molecule has 0 aliphatic rings. The van der Waals surface area contributed by atoms with Gasteiger partial charge in [0, 0.05) is 52.4 Å². The summed E-state index contributed by atoms with van der Waals surface area (Å²) in [5.41, 5.74) is 1.32. The third kappa shape index (κ3) is 6.71. The van der Waals surface area contributed by atoms with Gasteiger partial charge in [-0.2, -0.15) is 0 Å². The summed E-state index contributed by atoms with van der Waals surface area (Å²) in [5, 5.41) is 36.5. The van der Waals surface area contributed by atoms with Gasteiger partial charge in [0.05, 0.1) is 19.8 Å². The Morgan fingerprint density at radius 2 is 1.10 bits per heavy atom. The SMILES string of the molecule is OCCN(CCO)CCN(CCO)CCNCc1c2ccccc2cc2ccccc12. The fraction of sp³-hybridized carbons (Fsp3) is 0.440. The molecule has 6 nitrogen and oxygen atoms in total. The van der Waals surface area contributed by atoms with Crippen LogP contribution in [0.15, 0.2) is 54.6 Å². The van der Waals surface area contributed by atoms with Crippen LogP contribution < -0.4 is 5.32 Å². The Morgan fingerprint density at radius 1 is 0.613 bits per heavy atom. The predicted molar refractivity (Wildman–Crippen MR) is 127 cm³/mol. The molecule has 0 saturated carbocycles. The van der Waals surface area contributed by atoms with Gasteiger partial charge in [0.2, 0.25) is 0 Å². The van der Waals surface area contributed by atoms with Gasteiger partial charge in [0.1, 0.15) is 0 Å². The van der Waals surface area contributed by atoms with Crippen LogP contribution in [0.3, 0.4) is 0 Å². The number of aliphatic hydroxyl groups is 3. The third-order valence-corrected chi connectivity index (χ3v) is 5.77. The molecule has 4 N–H and O–H groups in total. The molecule has 0 fully saturated rings. The number of hydrogen-bond donors (Lipinski definition) is 4. The fourth-order valence-corrected chi connectivity index (χ4v) is 4.13. The van der Waals surface area contributed by atoms with Crippen LogP contribution in [0.2, 0.25) is 0 Å². The van der Waals surface area contributed by atoms with Crippen LogP contribution in [0, 0.1) is 0 Å². The van der Waals surface area contributed by atoms with Gasteiger partial charge in [-0.15, -0.1) is 0 Å². The molecule has 0 bridgehead atoms. The van der Waals surface area contributed by atoms with Crippen molar-refractivity contribution in [3.05, 3.63) is 60.2 Å². The molecule has 0 radical (unpaired) electrons. The van der Waals surface area contributed by atoms with Crippen LogP contribution in [-0.4, -0.2) is 90.8 Å². The van der Waals surface area contributed by atoms with Crippen molar-refractivity contribution in [3.8, 4) is 0 Å². The zero-order valence-corrected chi connectivity index (χ0v) is 18.2. The third-order valence-electron chi connectivity index (χ3n) is 5.77. The summed E-state index contributed by atoms with van der Waals surface area (Å²) in [6.45, 7) is 6.00. The molecule has 0 unspecified atom stereocenters. The molecule has 3 aromatic carbocycles. The monoisotopic (exact) mass is 425 g/mol. The van der Waals surface area contributed by atoms with Gasteiger partial charge in [0.25, 0.3) is 0 Å². The van der Waals surface area contributed by atoms with Crippen molar-refractivity contribution in [1.82, 2.24) is 15.1 Å². The maximum Gasteiger partial charge on any atom is 0.0558 e. The molecular weight excluding hydrogens is 390 g/mol. The smallest absolute Gasteiger partial charge is 0.0558 e. The minimum atomic E-state index is 0.0839. The first-order valence-electron chi connectivity index (χ1n) is 11.1. The lowest BCUT2D eigenvalue weighted by atomic mass is 9.97. The molecule has 0 atom stereocenters. The topological polar surface area (TPSA) is 79.2 Å². The molecule has 3 aromatic rings. The van der Waals surface area contributed by atoms with Gasteiger partial charge in [-0.05, 0) is 33.2 Å². The minimum absolute atomic E-state index is 0.0839. The Bertz CT molecular complexity index is 874. The summed E-state index contributed by atoms with van der Waals surface area (Å²) < 4.78 is 0. The van der Waals surface area contributed by atoms with E-state index in [9.17, 15) is 15.3 Å². The number of benzene rings is 3. The predicted octanol–water partition coefficient (Wildman–Crippen LogP) is 1.66. The van der Waals surface area contributed by atoms with Crippen molar-refractivity contribution in [2.24, 2.45) is 0 Å².